The first-order valence-corrected chi connectivity index (χ1v) is 6.01. The lowest BCUT2D eigenvalue weighted by Crippen LogP contribution is -2.25. The molecule has 0 radical (unpaired) electrons. The average molecular weight is 242 g/mol. The third-order valence-electron chi connectivity index (χ3n) is 3.08. The molecule has 0 saturated carbocycles. The molecule has 1 aromatic heterocycles. The molecule has 1 unspecified atom stereocenters. The Balaban J connectivity index is 2.19. The highest BCUT2D eigenvalue weighted by atomic mass is 16.5. The third-order valence-corrected chi connectivity index (χ3v) is 3.08. The largest absolute Gasteiger partial charge is 0.474 e. The number of aryl methyl sites for hydroxylation is 1. The number of ether oxygens (including phenoxy) is 1. The summed E-state index contributed by atoms with van der Waals surface area (Å²) in [5, 5.41) is 4.42. The van der Waals surface area contributed by atoms with E-state index in [-0.39, 0.29) is 11.9 Å². The molecule has 1 atom stereocenters. The van der Waals surface area contributed by atoms with E-state index in [9.17, 15) is 4.79 Å². The number of hydrogen-bond donors (Lipinski definition) is 0. The number of hydrogen-bond acceptors (Lipinski definition) is 3. The van der Waals surface area contributed by atoms with Crippen molar-refractivity contribution in [2.45, 2.75) is 26.4 Å². The molecule has 2 heterocycles. The van der Waals surface area contributed by atoms with Crippen molar-refractivity contribution in [2.75, 3.05) is 0 Å². The van der Waals surface area contributed by atoms with Crippen molar-refractivity contribution in [3.8, 4) is 11.6 Å². The molecule has 3 rings (SSSR count). The van der Waals surface area contributed by atoms with Crippen molar-refractivity contribution >= 4 is 5.78 Å². The average Bonchev–Trinajstić information content (AvgIpc) is 2.67. The molecule has 1 aliphatic rings. The van der Waals surface area contributed by atoms with Gasteiger partial charge in [0.25, 0.3) is 0 Å². The van der Waals surface area contributed by atoms with E-state index in [1.165, 1.54) is 0 Å². The van der Waals surface area contributed by atoms with E-state index in [4.69, 9.17) is 4.74 Å². The number of carbonyl (C=O) groups is 1. The highest BCUT2D eigenvalue weighted by Gasteiger charge is 2.30. The van der Waals surface area contributed by atoms with E-state index in [1.54, 1.807) is 4.68 Å². The molecular formula is C14H14N2O2. The van der Waals surface area contributed by atoms with Crippen molar-refractivity contribution in [2.24, 2.45) is 0 Å². The van der Waals surface area contributed by atoms with Gasteiger partial charge in [-0.15, -0.1) is 0 Å². The van der Waals surface area contributed by atoms with Crippen molar-refractivity contribution in [3.05, 3.63) is 41.6 Å². The van der Waals surface area contributed by atoms with Crippen LogP contribution in [0, 0.1) is 6.92 Å². The Morgan fingerprint density at radius 3 is 2.78 bits per heavy atom. The smallest absolute Gasteiger partial charge is 0.228 e. The van der Waals surface area contributed by atoms with Gasteiger partial charge >= 0.3 is 0 Å². The fourth-order valence-corrected chi connectivity index (χ4v) is 2.28. The first kappa shape index (κ1) is 11.0. The molecule has 4 nitrogen and oxygen atoms in total. The van der Waals surface area contributed by atoms with Gasteiger partial charge < -0.3 is 4.74 Å². The monoisotopic (exact) mass is 242 g/mol. The quantitative estimate of drug-likeness (QED) is 0.771. The summed E-state index contributed by atoms with van der Waals surface area (Å²) >= 11 is 0. The van der Waals surface area contributed by atoms with Crippen LogP contribution in [-0.2, 0) is 0 Å². The molecule has 0 saturated heterocycles. The molecule has 92 valence electrons. The standard InChI is InChI=1S/C14H14N2O2/c1-9-8-12(17)13-10(2)15-16(14(13)18-9)11-6-4-3-5-7-11/h3-7,9H,8H2,1-2H3. The molecular weight excluding hydrogens is 228 g/mol. The van der Waals surface area contributed by atoms with Gasteiger partial charge in [0.15, 0.2) is 5.78 Å². The molecule has 18 heavy (non-hydrogen) atoms. The number of fused-ring (bicyclic) bond motifs is 1. The van der Waals surface area contributed by atoms with Gasteiger partial charge in [-0.05, 0) is 26.0 Å². The fraction of sp³-hybridized carbons (Fsp3) is 0.286. The Kier molecular flexibility index (Phi) is 2.44. The summed E-state index contributed by atoms with van der Waals surface area (Å²) in [5.74, 6) is 0.686. The zero-order valence-electron chi connectivity index (χ0n) is 10.4. The van der Waals surface area contributed by atoms with Gasteiger partial charge in [0.2, 0.25) is 5.88 Å². The minimum absolute atomic E-state index is 0.0939. The van der Waals surface area contributed by atoms with Crippen LogP contribution in [-0.4, -0.2) is 21.7 Å². The Morgan fingerprint density at radius 2 is 2.06 bits per heavy atom. The first-order chi connectivity index (χ1) is 8.66. The van der Waals surface area contributed by atoms with E-state index in [2.05, 4.69) is 5.10 Å². The first-order valence-electron chi connectivity index (χ1n) is 6.01. The Labute approximate surface area is 105 Å². The van der Waals surface area contributed by atoms with Crippen LogP contribution in [0.4, 0.5) is 0 Å². The number of benzene rings is 1. The van der Waals surface area contributed by atoms with Crippen LogP contribution in [0.3, 0.4) is 0 Å². The second-order valence-corrected chi connectivity index (χ2v) is 4.57. The number of ketones is 1. The number of rotatable bonds is 1. The van der Waals surface area contributed by atoms with E-state index in [0.29, 0.717) is 17.9 Å². The Hall–Kier alpha value is -2.10. The normalized spacial score (nSPS) is 18.3. The molecule has 4 heteroatoms. The number of para-hydroxylation sites is 1. The van der Waals surface area contributed by atoms with E-state index in [0.717, 1.165) is 11.4 Å². The molecule has 0 amide bonds. The summed E-state index contributed by atoms with van der Waals surface area (Å²) in [6, 6.07) is 9.71. The summed E-state index contributed by atoms with van der Waals surface area (Å²) in [6.45, 7) is 3.74. The lowest BCUT2D eigenvalue weighted by atomic mass is 10.0. The number of Topliss-reactive ketones (excluding diaryl/α,β-unsaturated/α-hetero) is 1. The zero-order valence-corrected chi connectivity index (χ0v) is 10.4. The lowest BCUT2D eigenvalue weighted by molar-refractivity contribution is 0.0860. The predicted octanol–water partition coefficient (Wildman–Crippen LogP) is 2.53. The van der Waals surface area contributed by atoms with E-state index in [1.807, 2.05) is 44.2 Å². The van der Waals surface area contributed by atoms with Crippen molar-refractivity contribution in [3.63, 3.8) is 0 Å². The molecule has 0 bridgehead atoms. The van der Waals surface area contributed by atoms with Gasteiger partial charge in [-0.1, -0.05) is 18.2 Å². The van der Waals surface area contributed by atoms with Gasteiger partial charge in [0.1, 0.15) is 11.7 Å². The lowest BCUT2D eigenvalue weighted by Gasteiger charge is -2.20. The molecule has 0 N–H and O–H groups in total. The summed E-state index contributed by atoms with van der Waals surface area (Å²) < 4.78 is 7.49. The van der Waals surface area contributed by atoms with Crippen LogP contribution in [0.15, 0.2) is 30.3 Å². The van der Waals surface area contributed by atoms with Crippen molar-refractivity contribution < 1.29 is 9.53 Å². The van der Waals surface area contributed by atoms with E-state index >= 15 is 0 Å². The highest BCUT2D eigenvalue weighted by Crippen LogP contribution is 2.32. The molecule has 0 aliphatic carbocycles. The summed E-state index contributed by atoms with van der Waals surface area (Å²) in [7, 11) is 0. The predicted molar refractivity (Wildman–Crippen MR) is 67.3 cm³/mol. The summed E-state index contributed by atoms with van der Waals surface area (Å²) in [4.78, 5) is 12.0. The minimum Gasteiger partial charge on any atom is -0.474 e. The van der Waals surface area contributed by atoms with Gasteiger partial charge in [-0.3, -0.25) is 4.79 Å². The van der Waals surface area contributed by atoms with Crippen LogP contribution in [0.1, 0.15) is 29.4 Å². The number of aromatic nitrogens is 2. The molecule has 1 aromatic carbocycles. The molecule has 1 aliphatic heterocycles. The summed E-state index contributed by atoms with van der Waals surface area (Å²) in [6.07, 6.45) is 0.331. The minimum atomic E-state index is -0.0939. The second kappa shape index (κ2) is 3.98. The zero-order chi connectivity index (χ0) is 12.7. The second-order valence-electron chi connectivity index (χ2n) is 4.57. The van der Waals surface area contributed by atoms with Gasteiger partial charge in [0, 0.05) is 6.42 Å². The summed E-state index contributed by atoms with van der Waals surface area (Å²) in [5.41, 5.74) is 2.26. The van der Waals surface area contributed by atoms with Crippen LogP contribution in [0.2, 0.25) is 0 Å². The maximum atomic E-state index is 12.0. The number of carbonyl (C=O) groups excluding carboxylic acids is 1. The van der Waals surface area contributed by atoms with Gasteiger partial charge in [-0.2, -0.15) is 5.10 Å². The van der Waals surface area contributed by atoms with Crippen LogP contribution >= 0.6 is 0 Å². The maximum Gasteiger partial charge on any atom is 0.228 e. The molecule has 0 spiro atoms. The highest BCUT2D eigenvalue weighted by molar-refractivity contribution is 6.00. The van der Waals surface area contributed by atoms with Crippen LogP contribution < -0.4 is 4.74 Å². The Bertz CT molecular complexity index is 602. The number of nitrogens with zero attached hydrogens (tertiary/aromatic N) is 2. The topological polar surface area (TPSA) is 44.1 Å². The van der Waals surface area contributed by atoms with Crippen LogP contribution in [0.5, 0.6) is 5.88 Å². The van der Waals surface area contributed by atoms with Crippen molar-refractivity contribution in [1.82, 2.24) is 9.78 Å². The Morgan fingerprint density at radius 1 is 1.33 bits per heavy atom. The van der Waals surface area contributed by atoms with Gasteiger partial charge in [-0.25, -0.2) is 4.68 Å². The van der Waals surface area contributed by atoms with Crippen molar-refractivity contribution in [1.29, 1.82) is 0 Å². The van der Waals surface area contributed by atoms with Gasteiger partial charge in [0.05, 0.1) is 11.4 Å². The molecule has 2 aromatic rings. The third kappa shape index (κ3) is 1.61. The molecule has 0 fully saturated rings. The van der Waals surface area contributed by atoms with E-state index < -0.39 is 0 Å². The fourth-order valence-electron chi connectivity index (χ4n) is 2.28. The SMILES string of the molecule is Cc1nn(-c2ccccc2)c2c1C(=O)CC(C)O2. The van der Waals surface area contributed by atoms with Crippen LogP contribution in [0.25, 0.3) is 5.69 Å². The maximum absolute atomic E-state index is 12.0.